The molecule has 0 radical (unpaired) electrons. The molecule has 5 rings (SSSR count). The molecular formula is C24H29N7S. The topological polar surface area (TPSA) is 82.1 Å². The summed E-state index contributed by atoms with van der Waals surface area (Å²) in [7, 11) is 0. The average Bonchev–Trinajstić information content (AvgIpc) is 3.38. The van der Waals surface area contributed by atoms with E-state index in [-0.39, 0.29) is 0 Å². The number of hydrogen-bond acceptors (Lipinski definition) is 6. The molecule has 0 bridgehead atoms. The summed E-state index contributed by atoms with van der Waals surface area (Å²) in [4.78, 5) is 4.92. The molecule has 2 heterocycles. The quantitative estimate of drug-likeness (QED) is 0.456. The lowest BCUT2D eigenvalue weighted by Crippen LogP contribution is -2.37. The summed E-state index contributed by atoms with van der Waals surface area (Å²) in [5.41, 5.74) is 8.18. The van der Waals surface area contributed by atoms with Crippen LogP contribution in [0.2, 0.25) is 0 Å². The Kier molecular flexibility index (Phi) is 6.50. The lowest BCUT2D eigenvalue weighted by Gasteiger charge is -2.19. The molecule has 2 aliphatic rings. The van der Waals surface area contributed by atoms with Crippen molar-refractivity contribution in [1.82, 2.24) is 31.1 Å². The van der Waals surface area contributed by atoms with Gasteiger partial charge in [0, 0.05) is 12.1 Å². The number of hydrazine groups is 1. The number of aromatic nitrogens is 4. The van der Waals surface area contributed by atoms with E-state index in [1.54, 1.807) is 0 Å². The molecular weight excluding hydrogens is 418 g/mol. The minimum Gasteiger partial charge on any atom is -0.281 e. The van der Waals surface area contributed by atoms with Crippen molar-refractivity contribution >= 4 is 16.9 Å². The minimum absolute atomic E-state index is 0.473. The van der Waals surface area contributed by atoms with Gasteiger partial charge in [0.2, 0.25) is 5.82 Å². The van der Waals surface area contributed by atoms with Crippen molar-refractivity contribution in [2.75, 3.05) is 6.54 Å². The number of amidine groups is 1. The van der Waals surface area contributed by atoms with Crippen molar-refractivity contribution in [3.05, 3.63) is 54.1 Å². The van der Waals surface area contributed by atoms with Gasteiger partial charge in [-0.05, 0) is 47.1 Å². The van der Waals surface area contributed by atoms with Crippen LogP contribution in [0, 0.1) is 5.92 Å². The SMILES string of the molecule is CCCCCN=C1SC(C2CC2)NN1Cc1ccc(-c2ccccc2-c2nn[nH]n2)cc1. The normalized spacial score (nSPS) is 19.7. The Morgan fingerprint density at radius 1 is 1.06 bits per heavy atom. The summed E-state index contributed by atoms with van der Waals surface area (Å²) in [6.07, 6.45) is 6.30. The van der Waals surface area contributed by atoms with E-state index in [0.29, 0.717) is 11.2 Å². The number of aromatic amines is 1. The smallest absolute Gasteiger partial charge is 0.205 e. The van der Waals surface area contributed by atoms with Gasteiger partial charge in [0.25, 0.3) is 0 Å². The first-order valence-electron chi connectivity index (χ1n) is 11.5. The predicted octanol–water partition coefficient (Wildman–Crippen LogP) is 4.87. The summed E-state index contributed by atoms with van der Waals surface area (Å²) in [5, 5.41) is 18.4. The van der Waals surface area contributed by atoms with Gasteiger partial charge >= 0.3 is 0 Å². The summed E-state index contributed by atoms with van der Waals surface area (Å²) in [5.74, 6) is 1.40. The van der Waals surface area contributed by atoms with Crippen molar-refractivity contribution in [3.63, 3.8) is 0 Å². The largest absolute Gasteiger partial charge is 0.281 e. The highest BCUT2D eigenvalue weighted by Crippen LogP contribution is 2.41. The van der Waals surface area contributed by atoms with Crippen LogP contribution in [-0.4, -0.2) is 42.7 Å². The zero-order chi connectivity index (χ0) is 21.8. The first kappa shape index (κ1) is 21.2. The van der Waals surface area contributed by atoms with Crippen LogP contribution in [0.4, 0.5) is 0 Å². The molecule has 1 aromatic heterocycles. The summed E-state index contributed by atoms with van der Waals surface area (Å²) in [6.45, 7) is 3.96. The van der Waals surface area contributed by atoms with Gasteiger partial charge in [-0.3, -0.25) is 10.0 Å². The molecule has 1 saturated carbocycles. The Hall–Kier alpha value is -2.71. The number of thioether (sulfide) groups is 1. The van der Waals surface area contributed by atoms with Crippen LogP contribution in [-0.2, 0) is 6.54 Å². The van der Waals surface area contributed by atoms with Crippen molar-refractivity contribution in [3.8, 4) is 22.5 Å². The Bertz CT molecular complexity index is 1040. The van der Waals surface area contributed by atoms with E-state index in [1.807, 2.05) is 30.0 Å². The molecule has 1 unspecified atom stereocenters. The lowest BCUT2D eigenvalue weighted by atomic mass is 9.98. The monoisotopic (exact) mass is 447 g/mol. The van der Waals surface area contributed by atoms with E-state index in [9.17, 15) is 0 Å². The number of hydrogen-bond donors (Lipinski definition) is 2. The fraction of sp³-hybridized carbons (Fsp3) is 0.417. The zero-order valence-electron chi connectivity index (χ0n) is 18.4. The van der Waals surface area contributed by atoms with Crippen molar-refractivity contribution < 1.29 is 0 Å². The van der Waals surface area contributed by atoms with Crippen LogP contribution in [0.1, 0.15) is 44.6 Å². The lowest BCUT2D eigenvalue weighted by molar-refractivity contribution is 0.297. The van der Waals surface area contributed by atoms with E-state index in [2.05, 4.69) is 68.3 Å². The molecule has 3 aromatic rings. The van der Waals surface area contributed by atoms with E-state index in [4.69, 9.17) is 4.99 Å². The third-order valence-electron chi connectivity index (χ3n) is 5.92. The van der Waals surface area contributed by atoms with Crippen molar-refractivity contribution in [1.29, 1.82) is 0 Å². The Labute approximate surface area is 193 Å². The first-order chi connectivity index (χ1) is 15.8. The summed E-state index contributed by atoms with van der Waals surface area (Å²) in [6, 6.07) is 16.9. The molecule has 7 nitrogen and oxygen atoms in total. The number of rotatable bonds is 9. The number of benzene rings is 2. The van der Waals surface area contributed by atoms with Crippen molar-refractivity contribution in [2.45, 2.75) is 50.9 Å². The molecule has 0 spiro atoms. The van der Waals surface area contributed by atoms with Gasteiger partial charge in [-0.2, -0.15) is 5.21 Å². The molecule has 32 heavy (non-hydrogen) atoms. The number of nitrogens with one attached hydrogen (secondary N) is 2. The maximum atomic E-state index is 4.92. The van der Waals surface area contributed by atoms with E-state index in [0.717, 1.165) is 47.3 Å². The second kappa shape index (κ2) is 9.83. The van der Waals surface area contributed by atoms with Crippen LogP contribution in [0.3, 0.4) is 0 Å². The Balaban J connectivity index is 1.31. The van der Waals surface area contributed by atoms with E-state index in [1.165, 1.54) is 31.2 Å². The fourth-order valence-electron chi connectivity index (χ4n) is 3.96. The molecule has 2 fully saturated rings. The standard InChI is InChI=1S/C24H29N7S/c1-2-3-6-15-25-24-31(28-23(32-24)19-13-14-19)16-17-9-11-18(12-10-17)20-7-4-5-8-21(20)22-26-29-30-27-22/h4-5,7-12,19,23,28H,2-3,6,13-16H2,1H3,(H,26,27,29,30). The van der Waals surface area contributed by atoms with Crippen LogP contribution in [0.15, 0.2) is 53.5 Å². The average molecular weight is 448 g/mol. The van der Waals surface area contributed by atoms with E-state index >= 15 is 0 Å². The van der Waals surface area contributed by atoms with Gasteiger partial charge in [-0.25, -0.2) is 5.43 Å². The van der Waals surface area contributed by atoms with Crippen LogP contribution in [0.5, 0.6) is 0 Å². The molecule has 2 N–H and O–H groups in total. The van der Waals surface area contributed by atoms with Gasteiger partial charge in [0.05, 0.1) is 11.9 Å². The Morgan fingerprint density at radius 3 is 2.59 bits per heavy atom. The maximum Gasteiger partial charge on any atom is 0.205 e. The number of aliphatic imine (C=N–C) groups is 1. The van der Waals surface area contributed by atoms with Gasteiger partial charge < -0.3 is 0 Å². The second-order valence-electron chi connectivity index (χ2n) is 8.44. The highest BCUT2D eigenvalue weighted by molar-refractivity contribution is 8.14. The van der Waals surface area contributed by atoms with Gasteiger partial charge in [0.15, 0.2) is 5.17 Å². The van der Waals surface area contributed by atoms with Gasteiger partial charge in [-0.1, -0.05) is 80.1 Å². The third-order valence-corrected chi connectivity index (χ3v) is 7.23. The summed E-state index contributed by atoms with van der Waals surface area (Å²) < 4.78 is 0. The molecule has 1 atom stereocenters. The fourth-order valence-corrected chi connectivity index (χ4v) is 5.25. The third kappa shape index (κ3) is 4.86. The molecule has 1 aliphatic carbocycles. The molecule has 1 saturated heterocycles. The Morgan fingerprint density at radius 2 is 1.88 bits per heavy atom. The molecule has 2 aromatic carbocycles. The molecule has 1 aliphatic heterocycles. The molecule has 8 heteroatoms. The number of unbranched alkanes of at least 4 members (excludes halogenated alkanes) is 2. The van der Waals surface area contributed by atoms with E-state index < -0.39 is 0 Å². The number of H-pyrrole nitrogens is 1. The zero-order valence-corrected chi connectivity index (χ0v) is 19.2. The highest BCUT2D eigenvalue weighted by atomic mass is 32.2. The number of tetrazole rings is 1. The van der Waals surface area contributed by atoms with Gasteiger partial charge in [-0.15, -0.1) is 10.2 Å². The van der Waals surface area contributed by atoms with Crippen molar-refractivity contribution in [2.24, 2.45) is 10.9 Å². The minimum atomic E-state index is 0.473. The predicted molar refractivity (Wildman–Crippen MR) is 130 cm³/mol. The van der Waals surface area contributed by atoms with Crippen LogP contribution >= 0.6 is 11.8 Å². The van der Waals surface area contributed by atoms with Crippen LogP contribution < -0.4 is 5.43 Å². The summed E-state index contributed by atoms with van der Waals surface area (Å²) >= 11 is 1.91. The highest BCUT2D eigenvalue weighted by Gasteiger charge is 2.39. The number of nitrogens with zero attached hydrogens (tertiary/aromatic N) is 5. The maximum absolute atomic E-state index is 4.92. The second-order valence-corrected chi connectivity index (χ2v) is 9.55. The van der Waals surface area contributed by atoms with Crippen LogP contribution in [0.25, 0.3) is 22.5 Å². The van der Waals surface area contributed by atoms with Gasteiger partial charge in [0.1, 0.15) is 0 Å². The molecule has 166 valence electrons. The molecule has 0 amide bonds. The first-order valence-corrected chi connectivity index (χ1v) is 12.4.